The molecule has 156 valence electrons. The van der Waals surface area contributed by atoms with Gasteiger partial charge in [0.2, 0.25) is 0 Å². The quantitative estimate of drug-likeness (QED) is 0.581. The number of benzene rings is 3. The first kappa shape index (κ1) is 20.4. The van der Waals surface area contributed by atoms with E-state index in [4.69, 9.17) is 0 Å². The fourth-order valence-corrected chi connectivity index (χ4v) is 4.06. The van der Waals surface area contributed by atoms with Gasteiger partial charge in [0, 0.05) is 11.4 Å². The maximum Gasteiger partial charge on any atom is 0.307 e. The maximum absolute atomic E-state index is 13.8. The molecule has 0 bridgehead atoms. The van der Waals surface area contributed by atoms with E-state index in [0.717, 1.165) is 28.1 Å². The zero-order valence-electron chi connectivity index (χ0n) is 17.5. The Kier molecular flexibility index (Phi) is 5.58. The largest absolute Gasteiger partial charge is 0.481 e. The van der Waals surface area contributed by atoms with Crippen LogP contribution < -0.4 is 10.2 Å². The van der Waals surface area contributed by atoms with Crippen molar-refractivity contribution < 1.29 is 14.7 Å². The van der Waals surface area contributed by atoms with Gasteiger partial charge in [0.1, 0.15) is 5.70 Å². The smallest absolute Gasteiger partial charge is 0.307 e. The number of carboxylic acid groups (broad SMARTS) is 1. The molecule has 2 N–H and O–H groups in total. The highest BCUT2D eigenvalue weighted by atomic mass is 16.4. The Hall–Kier alpha value is -3.86. The third kappa shape index (κ3) is 3.94. The standard InChI is InChI=1S/C26H24N2O3/c1-17-10-6-8-14-21(17)27-24-20(16-23(29)30)25(19-12-4-3-5-13-19)28(26(24)31)22-15-9-7-11-18(22)2/h3-15,25,27H,16H2,1-2H3,(H,29,30). The van der Waals surface area contributed by atoms with E-state index in [1.54, 1.807) is 4.90 Å². The number of aryl methyl sites for hydroxylation is 2. The molecule has 1 atom stereocenters. The average Bonchev–Trinajstić information content (AvgIpc) is 3.01. The lowest BCUT2D eigenvalue weighted by Crippen LogP contribution is -2.31. The molecule has 5 nitrogen and oxygen atoms in total. The van der Waals surface area contributed by atoms with Crippen molar-refractivity contribution in [3.05, 3.63) is 107 Å². The number of anilines is 2. The monoisotopic (exact) mass is 412 g/mol. The van der Waals surface area contributed by atoms with Crippen molar-refractivity contribution in [1.29, 1.82) is 0 Å². The second kappa shape index (κ2) is 8.48. The van der Waals surface area contributed by atoms with Crippen molar-refractivity contribution in [2.45, 2.75) is 26.3 Å². The van der Waals surface area contributed by atoms with Crippen molar-refractivity contribution in [2.24, 2.45) is 0 Å². The SMILES string of the molecule is Cc1ccccc1NC1=C(CC(=O)O)C(c2ccccc2)N(c2ccccc2C)C1=O. The lowest BCUT2D eigenvalue weighted by Gasteiger charge is -2.28. The zero-order chi connectivity index (χ0) is 22.0. The molecule has 0 fully saturated rings. The minimum absolute atomic E-state index is 0.234. The molecule has 3 aromatic rings. The van der Waals surface area contributed by atoms with E-state index in [9.17, 15) is 14.7 Å². The molecule has 0 aliphatic carbocycles. The summed E-state index contributed by atoms with van der Waals surface area (Å²) >= 11 is 0. The van der Waals surface area contributed by atoms with E-state index in [1.807, 2.05) is 92.7 Å². The normalized spacial score (nSPS) is 16.0. The molecule has 1 unspecified atom stereocenters. The minimum Gasteiger partial charge on any atom is -0.481 e. The van der Waals surface area contributed by atoms with Gasteiger partial charge < -0.3 is 10.4 Å². The van der Waals surface area contributed by atoms with Gasteiger partial charge in [0.15, 0.2) is 0 Å². The Balaban J connectivity index is 1.91. The summed E-state index contributed by atoms with van der Waals surface area (Å²) in [5, 5.41) is 12.9. The van der Waals surface area contributed by atoms with Crippen LogP contribution in [-0.4, -0.2) is 17.0 Å². The van der Waals surface area contributed by atoms with Crippen LogP contribution in [0.3, 0.4) is 0 Å². The number of carbonyl (C=O) groups excluding carboxylic acids is 1. The summed E-state index contributed by atoms with van der Waals surface area (Å²) in [5.74, 6) is -1.21. The predicted octanol–water partition coefficient (Wildman–Crippen LogP) is 5.23. The van der Waals surface area contributed by atoms with Crippen molar-refractivity contribution in [3.63, 3.8) is 0 Å². The number of rotatable bonds is 6. The Morgan fingerprint density at radius 2 is 1.52 bits per heavy atom. The fourth-order valence-electron chi connectivity index (χ4n) is 4.06. The maximum atomic E-state index is 13.8. The van der Waals surface area contributed by atoms with Crippen LogP contribution in [0.2, 0.25) is 0 Å². The summed E-state index contributed by atoms with van der Waals surface area (Å²) in [6.45, 7) is 3.90. The van der Waals surface area contributed by atoms with Crippen LogP contribution in [0.4, 0.5) is 11.4 Å². The average molecular weight is 412 g/mol. The lowest BCUT2D eigenvalue weighted by molar-refractivity contribution is -0.136. The van der Waals surface area contributed by atoms with Gasteiger partial charge in [0.25, 0.3) is 5.91 Å². The second-order valence-electron chi connectivity index (χ2n) is 7.69. The van der Waals surface area contributed by atoms with Gasteiger partial charge in [-0.1, -0.05) is 66.7 Å². The molecule has 0 saturated carbocycles. The van der Waals surface area contributed by atoms with Crippen LogP contribution in [0.1, 0.15) is 29.2 Å². The Bertz CT molecular complexity index is 1170. The van der Waals surface area contributed by atoms with Crippen LogP contribution in [0, 0.1) is 13.8 Å². The summed E-state index contributed by atoms with van der Waals surface area (Å²) in [7, 11) is 0. The lowest BCUT2D eigenvalue weighted by atomic mass is 9.96. The molecule has 0 aromatic heterocycles. The van der Waals surface area contributed by atoms with E-state index >= 15 is 0 Å². The first-order valence-electron chi connectivity index (χ1n) is 10.2. The summed E-state index contributed by atoms with van der Waals surface area (Å²) < 4.78 is 0. The van der Waals surface area contributed by atoms with Crippen LogP contribution in [0.15, 0.2) is 90.1 Å². The number of hydrogen-bond donors (Lipinski definition) is 2. The summed E-state index contributed by atoms with van der Waals surface area (Å²) in [4.78, 5) is 27.3. The van der Waals surface area contributed by atoms with Gasteiger partial charge >= 0.3 is 5.97 Å². The Labute approximate surface area is 181 Å². The third-order valence-electron chi connectivity index (χ3n) is 5.58. The number of nitrogens with zero attached hydrogens (tertiary/aromatic N) is 1. The molecule has 3 aromatic carbocycles. The van der Waals surface area contributed by atoms with E-state index in [-0.39, 0.29) is 12.3 Å². The van der Waals surface area contributed by atoms with Crippen LogP contribution in [0.5, 0.6) is 0 Å². The number of nitrogens with one attached hydrogen (secondary N) is 1. The molecule has 4 rings (SSSR count). The predicted molar refractivity (Wildman–Crippen MR) is 122 cm³/mol. The summed E-state index contributed by atoms with van der Waals surface area (Å²) in [6, 6.07) is 24.4. The van der Waals surface area contributed by atoms with Gasteiger partial charge in [-0.25, -0.2) is 0 Å². The first-order chi connectivity index (χ1) is 15.0. The van der Waals surface area contributed by atoms with Crippen LogP contribution in [0.25, 0.3) is 0 Å². The molecule has 1 aliphatic rings. The number of para-hydroxylation sites is 2. The minimum atomic E-state index is -0.973. The highest BCUT2D eigenvalue weighted by molar-refractivity contribution is 6.13. The topological polar surface area (TPSA) is 69.6 Å². The van der Waals surface area contributed by atoms with Gasteiger partial charge in [-0.2, -0.15) is 0 Å². The molecule has 0 saturated heterocycles. The van der Waals surface area contributed by atoms with Crippen LogP contribution in [-0.2, 0) is 9.59 Å². The molecular weight excluding hydrogens is 388 g/mol. The van der Waals surface area contributed by atoms with Crippen molar-refractivity contribution in [1.82, 2.24) is 0 Å². The molecule has 1 amide bonds. The van der Waals surface area contributed by atoms with Crippen molar-refractivity contribution >= 4 is 23.3 Å². The second-order valence-corrected chi connectivity index (χ2v) is 7.69. The Morgan fingerprint density at radius 3 is 2.16 bits per heavy atom. The van der Waals surface area contributed by atoms with E-state index in [0.29, 0.717) is 11.3 Å². The number of amides is 1. The van der Waals surface area contributed by atoms with E-state index < -0.39 is 12.0 Å². The zero-order valence-corrected chi connectivity index (χ0v) is 17.5. The summed E-state index contributed by atoms with van der Waals surface area (Å²) in [6.07, 6.45) is -0.234. The molecule has 31 heavy (non-hydrogen) atoms. The number of carbonyl (C=O) groups is 2. The van der Waals surface area contributed by atoms with E-state index in [2.05, 4.69) is 5.32 Å². The summed E-state index contributed by atoms with van der Waals surface area (Å²) in [5.41, 5.74) is 5.23. The molecule has 1 aliphatic heterocycles. The molecule has 5 heteroatoms. The molecular formula is C26H24N2O3. The molecule has 0 spiro atoms. The van der Waals surface area contributed by atoms with Crippen molar-refractivity contribution in [2.75, 3.05) is 10.2 Å². The van der Waals surface area contributed by atoms with Crippen molar-refractivity contribution in [3.8, 4) is 0 Å². The highest BCUT2D eigenvalue weighted by Gasteiger charge is 2.42. The van der Waals surface area contributed by atoms with E-state index in [1.165, 1.54) is 0 Å². The van der Waals surface area contributed by atoms with Gasteiger partial charge in [0.05, 0.1) is 12.5 Å². The van der Waals surface area contributed by atoms with Gasteiger partial charge in [-0.05, 0) is 48.2 Å². The Morgan fingerprint density at radius 1 is 0.903 bits per heavy atom. The molecule has 1 heterocycles. The van der Waals surface area contributed by atoms with Gasteiger partial charge in [-0.3, -0.25) is 14.5 Å². The molecule has 0 radical (unpaired) electrons. The third-order valence-corrected chi connectivity index (χ3v) is 5.58. The number of carboxylic acids is 1. The number of hydrogen-bond acceptors (Lipinski definition) is 3. The number of aliphatic carboxylic acids is 1. The fraction of sp³-hybridized carbons (Fsp3) is 0.154. The van der Waals surface area contributed by atoms with Crippen LogP contribution >= 0.6 is 0 Å². The van der Waals surface area contributed by atoms with Gasteiger partial charge in [-0.15, -0.1) is 0 Å². The first-order valence-corrected chi connectivity index (χ1v) is 10.2. The highest BCUT2D eigenvalue weighted by Crippen LogP contribution is 2.43.